The van der Waals surface area contributed by atoms with Crippen LogP contribution in [0.25, 0.3) is 0 Å². The van der Waals surface area contributed by atoms with E-state index in [0.29, 0.717) is 19.6 Å². The van der Waals surface area contributed by atoms with E-state index >= 15 is 0 Å². The summed E-state index contributed by atoms with van der Waals surface area (Å²) in [6.45, 7) is 3.59. The zero-order chi connectivity index (χ0) is 18.7. The highest BCUT2D eigenvalue weighted by Crippen LogP contribution is 2.32. The average molecular weight is 375 g/mol. The summed E-state index contributed by atoms with van der Waals surface area (Å²) in [6.07, 6.45) is 0. The molecule has 0 bridgehead atoms. The first-order chi connectivity index (χ1) is 12.4. The number of likely N-dealkylation sites (N-methyl/N-ethyl adjacent to an activating group) is 1. The summed E-state index contributed by atoms with van der Waals surface area (Å²) < 4.78 is 33.1. The minimum Gasteiger partial charge on any atom is -0.496 e. The molecular weight excluding hydrogens is 348 g/mol. The molecule has 26 heavy (non-hydrogen) atoms. The lowest BCUT2D eigenvalue weighted by atomic mass is 10.0. The van der Waals surface area contributed by atoms with E-state index in [4.69, 9.17) is 4.74 Å². The Morgan fingerprint density at radius 3 is 2.50 bits per heavy atom. The molecule has 0 saturated carbocycles. The van der Waals surface area contributed by atoms with Crippen molar-refractivity contribution < 1.29 is 13.2 Å². The SMILES string of the molecule is COc1ccccc1C1CN(S(=O)(=O)Cc2ccccc2C)CCN1C. The zero-order valence-corrected chi connectivity index (χ0v) is 16.4. The van der Waals surface area contributed by atoms with Crippen molar-refractivity contribution >= 4 is 10.0 Å². The number of ether oxygens (including phenoxy) is 1. The molecule has 1 aliphatic heterocycles. The first kappa shape index (κ1) is 18.9. The van der Waals surface area contributed by atoms with E-state index in [1.807, 2.05) is 62.5 Å². The molecule has 6 heteroatoms. The van der Waals surface area contributed by atoms with Gasteiger partial charge >= 0.3 is 0 Å². The molecule has 1 atom stereocenters. The van der Waals surface area contributed by atoms with Gasteiger partial charge in [-0.2, -0.15) is 4.31 Å². The lowest BCUT2D eigenvalue weighted by molar-refractivity contribution is 0.145. The zero-order valence-electron chi connectivity index (χ0n) is 15.6. The van der Waals surface area contributed by atoms with Crippen LogP contribution in [-0.2, 0) is 15.8 Å². The number of aryl methyl sites for hydroxylation is 1. The first-order valence-corrected chi connectivity index (χ1v) is 10.4. The first-order valence-electron chi connectivity index (χ1n) is 8.78. The van der Waals surface area contributed by atoms with Gasteiger partial charge in [0, 0.05) is 25.2 Å². The van der Waals surface area contributed by atoms with Crippen LogP contribution in [0.5, 0.6) is 5.75 Å². The van der Waals surface area contributed by atoms with E-state index in [1.165, 1.54) is 0 Å². The minimum absolute atomic E-state index is 0.0217. The van der Waals surface area contributed by atoms with Crippen molar-refractivity contribution in [1.29, 1.82) is 0 Å². The number of hydrogen-bond donors (Lipinski definition) is 0. The monoisotopic (exact) mass is 374 g/mol. The van der Waals surface area contributed by atoms with Crippen molar-refractivity contribution in [3.63, 3.8) is 0 Å². The van der Waals surface area contributed by atoms with Gasteiger partial charge in [-0.3, -0.25) is 4.90 Å². The molecule has 2 aromatic carbocycles. The Hall–Kier alpha value is -1.89. The van der Waals surface area contributed by atoms with Crippen LogP contribution >= 0.6 is 0 Å². The number of para-hydroxylation sites is 1. The molecule has 1 heterocycles. The summed E-state index contributed by atoms with van der Waals surface area (Å²) in [4.78, 5) is 2.19. The van der Waals surface area contributed by atoms with Crippen LogP contribution in [0.3, 0.4) is 0 Å². The predicted octanol–water partition coefficient (Wildman–Crippen LogP) is 2.82. The predicted molar refractivity (Wildman–Crippen MR) is 104 cm³/mol. The number of rotatable bonds is 5. The number of sulfonamides is 1. The van der Waals surface area contributed by atoms with Crippen molar-refractivity contribution in [2.24, 2.45) is 0 Å². The summed E-state index contributed by atoms with van der Waals surface area (Å²) in [5.41, 5.74) is 2.89. The largest absolute Gasteiger partial charge is 0.496 e. The van der Waals surface area contributed by atoms with E-state index < -0.39 is 10.0 Å². The van der Waals surface area contributed by atoms with Gasteiger partial charge in [-0.25, -0.2) is 8.42 Å². The highest BCUT2D eigenvalue weighted by Gasteiger charge is 2.33. The van der Waals surface area contributed by atoms with Gasteiger partial charge in [0.25, 0.3) is 0 Å². The second-order valence-corrected chi connectivity index (χ2v) is 8.75. The van der Waals surface area contributed by atoms with Gasteiger partial charge in [-0.15, -0.1) is 0 Å². The Bertz CT molecular complexity index is 867. The van der Waals surface area contributed by atoms with Crippen LogP contribution in [0.1, 0.15) is 22.7 Å². The molecule has 1 saturated heterocycles. The Morgan fingerprint density at radius 1 is 1.08 bits per heavy atom. The Balaban J connectivity index is 1.84. The fraction of sp³-hybridized carbons (Fsp3) is 0.400. The number of piperazine rings is 1. The van der Waals surface area contributed by atoms with E-state index in [1.54, 1.807) is 11.4 Å². The number of hydrogen-bond acceptors (Lipinski definition) is 4. The standard InChI is InChI=1S/C20H26N2O3S/c1-16-8-4-5-9-17(16)15-26(23,24)22-13-12-21(2)19(14-22)18-10-6-7-11-20(18)25-3/h4-11,19H,12-15H2,1-3H3. The number of methoxy groups -OCH3 is 1. The normalized spacial score (nSPS) is 19.4. The summed E-state index contributed by atoms with van der Waals surface area (Å²) in [7, 11) is 0.300. The molecule has 0 N–H and O–H groups in total. The molecular formula is C20H26N2O3S. The molecule has 5 nitrogen and oxygen atoms in total. The van der Waals surface area contributed by atoms with Crippen molar-refractivity contribution in [3.05, 3.63) is 65.2 Å². The van der Waals surface area contributed by atoms with Crippen molar-refractivity contribution in [1.82, 2.24) is 9.21 Å². The molecule has 140 valence electrons. The van der Waals surface area contributed by atoms with Gasteiger partial charge in [0.05, 0.1) is 18.9 Å². The lowest BCUT2D eigenvalue weighted by Gasteiger charge is -2.39. The van der Waals surface area contributed by atoms with Crippen molar-refractivity contribution in [2.45, 2.75) is 18.7 Å². The third-order valence-electron chi connectivity index (χ3n) is 5.10. The van der Waals surface area contributed by atoms with Crippen LogP contribution in [0.15, 0.2) is 48.5 Å². The van der Waals surface area contributed by atoms with Crippen LogP contribution in [-0.4, -0.2) is 51.4 Å². The van der Waals surface area contributed by atoms with Gasteiger partial charge in [0.1, 0.15) is 5.75 Å². The summed E-state index contributed by atoms with van der Waals surface area (Å²) in [5.74, 6) is 0.838. The van der Waals surface area contributed by atoms with E-state index in [2.05, 4.69) is 4.90 Å². The molecule has 0 spiro atoms. The van der Waals surface area contributed by atoms with Gasteiger partial charge in [0.15, 0.2) is 0 Å². The summed E-state index contributed by atoms with van der Waals surface area (Å²) >= 11 is 0. The lowest BCUT2D eigenvalue weighted by Crippen LogP contribution is -2.49. The fourth-order valence-corrected chi connectivity index (χ4v) is 5.07. The maximum Gasteiger partial charge on any atom is 0.218 e. The van der Waals surface area contributed by atoms with E-state index in [0.717, 1.165) is 22.4 Å². The topological polar surface area (TPSA) is 49.9 Å². The van der Waals surface area contributed by atoms with Crippen LogP contribution < -0.4 is 4.74 Å². The third-order valence-corrected chi connectivity index (χ3v) is 6.90. The van der Waals surface area contributed by atoms with Gasteiger partial charge in [0.2, 0.25) is 10.0 Å². The van der Waals surface area contributed by atoms with Crippen LogP contribution in [0.4, 0.5) is 0 Å². The molecule has 3 rings (SSSR count). The second kappa shape index (κ2) is 7.78. The fourth-order valence-electron chi connectivity index (χ4n) is 3.44. The van der Waals surface area contributed by atoms with Gasteiger partial charge < -0.3 is 4.74 Å². The third kappa shape index (κ3) is 3.92. The minimum atomic E-state index is -3.38. The molecule has 0 aliphatic carbocycles. The van der Waals surface area contributed by atoms with Crippen LogP contribution in [0, 0.1) is 6.92 Å². The highest BCUT2D eigenvalue weighted by atomic mass is 32.2. The number of benzene rings is 2. The quantitative estimate of drug-likeness (QED) is 0.808. The number of nitrogens with zero attached hydrogens (tertiary/aromatic N) is 2. The maximum atomic E-state index is 13.0. The van der Waals surface area contributed by atoms with E-state index in [-0.39, 0.29) is 11.8 Å². The molecule has 1 aliphatic rings. The Labute approximate surface area is 156 Å². The average Bonchev–Trinajstić information content (AvgIpc) is 2.63. The Morgan fingerprint density at radius 2 is 1.77 bits per heavy atom. The highest BCUT2D eigenvalue weighted by molar-refractivity contribution is 7.88. The second-order valence-electron chi connectivity index (χ2n) is 6.78. The molecule has 1 unspecified atom stereocenters. The summed E-state index contributed by atoms with van der Waals surface area (Å²) in [6, 6.07) is 15.5. The van der Waals surface area contributed by atoms with Crippen LogP contribution in [0.2, 0.25) is 0 Å². The van der Waals surface area contributed by atoms with Gasteiger partial charge in [-0.05, 0) is 31.2 Å². The Kier molecular flexibility index (Phi) is 5.65. The summed E-state index contributed by atoms with van der Waals surface area (Å²) in [5, 5.41) is 0. The van der Waals surface area contributed by atoms with Crippen molar-refractivity contribution in [3.8, 4) is 5.75 Å². The maximum absolute atomic E-state index is 13.0. The molecule has 1 fully saturated rings. The smallest absolute Gasteiger partial charge is 0.218 e. The molecule has 0 amide bonds. The molecule has 0 aromatic heterocycles. The molecule has 2 aromatic rings. The molecule has 0 radical (unpaired) electrons. The van der Waals surface area contributed by atoms with Crippen molar-refractivity contribution in [2.75, 3.05) is 33.8 Å². The van der Waals surface area contributed by atoms with E-state index in [9.17, 15) is 8.42 Å². The van der Waals surface area contributed by atoms with Gasteiger partial charge in [-0.1, -0.05) is 42.5 Å².